The monoisotopic (exact) mass is 394 g/mol. The molecule has 2 aliphatic rings. The summed E-state index contributed by atoms with van der Waals surface area (Å²) in [6.07, 6.45) is 15.4. The molecule has 0 radical (unpaired) electrons. The van der Waals surface area contributed by atoms with Gasteiger partial charge in [-0.1, -0.05) is 40.5 Å². The van der Waals surface area contributed by atoms with Crippen molar-refractivity contribution in [2.75, 3.05) is 0 Å². The van der Waals surface area contributed by atoms with Gasteiger partial charge in [-0.05, 0) is 0 Å². The first-order chi connectivity index (χ1) is 8.69. The Kier molecular flexibility index (Phi) is 33.1. The molecule has 0 spiro atoms. The van der Waals surface area contributed by atoms with Crippen LogP contribution >= 0.6 is 24.8 Å². The third-order valence-electron chi connectivity index (χ3n) is 3.16. The molecule has 0 aromatic heterocycles. The zero-order valence-corrected chi connectivity index (χ0v) is 19.6. The van der Waals surface area contributed by atoms with E-state index < -0.39 is 0 Å². The molecule has 0 bridgehead atoms. The Bertz CT molecular complexity index is 347. The molecule has 0 aromatic carbocycles. The summed E-state index contributed by atoms with van der Waals surface area (Å²) in [6.45, 7) is 8.62. The standard InChI is InChI=1S/2C8H11.2CH3.2ClH.H2Si.Ti/c2*1-3-8-6-4-5-7(8)2;;;;;;/h2*6H,3-4H2,1-2H3;2*1H3;2*1H;1H2;/q4*-1;;;;. The molecule has 0 nitrogen and oxygen atoms in total. The molecule has 2 aliphatic carbocycles. The Morgan fingerprint density at radius 1 is 0.864 bits per heavy atom. The SMILES string of the molecule is CCC1=CC[C-]=C1C.CCC1=CC[C-]=C1C.Cl.Cl.[CH3-].[CH3-].[SiH2]=[Ti]. The fraction of sp³-hybridized carbons (Fsp3) is 0.444. The van der Waals surface area contributed by atoms with Crippen LogP contribution in [0.3, 0.4) is 0 Å². The van der Waals surface area contributed by atoms with E-state index in [1.807, 2.05) is 26.8 Å². The molecule has 0 atom stereocenters. The van der Waals surface area contributed by atoms with Crippen LogP contribution in [0.15, 0.2) is 34.4 Å². The summed E-state index contributed by atoms with van der Waals surface area (Å²) < 4.78 is 0. The van der Waals surface area contributed by atoms with Crippen molar-refractivity contribution in [1.29, 1.82) is 0 Å². The summed E-state index contributed by atoms with van der Waals surface area (Å²) >= 11 is 2.03. The van der Waals surface area contributed by atoms with E-state index in [1.165, 1.54) is 35.1 Å². The normalized spacial score (nSPS) is 13.4. The fourth-order valence-electron chi connectivity index (χ4n) is 2.01. The third kappa shape index (κ3) is 13.0. The number of allylic oxidation sites excluding steroid dienone is 8. The van der Waals surface area contributed by atoms with Gasteiger partial charge in [0.2, 0.25) is 0 Å². The first kappa shape index (κ1) is 33.9. The molecular formula is C18H32Cl2SiTi-4. The van der Waals surface area contributed by atoms with Gasteiger partial charge in [0.25, 0.3) is 0 Å². The second kappa shape index (κ2) is 21.5. The molecule has 0 aliphatic heterocycles. The van der Waals surface area contributed by atoms with E-state index in [2.05, 4.69) is 52.0 Å². The zero-order chi connectivity index (χ0) is 14.0. The van der Waals surface area contributed by atoms with Crippen molar-refractivity contribution in [1.82, 2.24) is 0 Å². The summed E-state index contributed by atoms with van der Waals surface area (Å²) in [4.78, 5) is 0. The first-order valence-electron chi connectivity index (χ1n) is 6.58. The van der Waals surface area contributed by atoms with E-state index in [0.29, 0.717) is 0 Å². The van der Waals surface area contributed by atoms with Crippen LogP contribution in [0.1, 0.15) is 53.4 Å². The van der Waals surface area contributed by atoms with Gasteiger partial charge < -0.3 is 14.9 Å². The van der Waals surface area contributed by atoms with Crippen molar-refractivity contribution in [2.24, 2.45) is 0 Å². The van der Waals surface area contributed by atoms with Gasteiger partial charge >= 0.3 is 26.8 Å². The number of halogens is 2. The van der Waals surface area contributed by atoms with Crippen LogP contribution in [0, 0.1) is 27.0 Å². The average Bonchev–Trinajstić information content (AvgIpc) is 3.00. The summed E-state index contributed by atoms with van der Waals surface area (Å²) in [5.41, 5.74) is 5.66. The Morgan fingerprint density at radius 2 is 1.14 bits per heavy atom. The Labute approximate surface area is 165 Å². The maximum atomic E-state index is 3.24. The zero-order valence-electron chi connectivity index (χ0n) is 15.0. The van der Waals surface area contributed by atoms with Gasteiger partial charge in [-0.3, -0.25) is 12.2 Å². The molecular weight excluding hydrogens is 363 g/mol. The Morgan fingerprint density at radius 3 is 1.23 bits per heavy atom. The van der Waals surface area contributed by atoms with Crippen LogP contribution in [0.25, 0.3) is 0 Å². The summed E-state index contributed by atoms with van der Waals surface area (Å²) in [7, 11) is 1.86. The second-order valence-corrected chi connectivity index (χ2v) is 4.18. The third-order valence-corrected chi connectivity index (χ3v) is 3.16. The van der Waals surface area contributed by atoms with Crippen LogP contribution in [0.2, 0.25) is 0 Å². The molecule has 4 heteroatoms. The van der Waals surface area contributed by atoms with Gasteiger partial charge in [0.1, 0.15) is 0 Å². The van der Waals surface area contributed by atoms with Gasteiger partial charge in [0, 0.05) is 0 Å². The molecule has 0 saturated heterocycles. The molecule has 0 heterocycles. The van der Waals surface area contributed by atoms with Crippen LogP contribution in [-0.2, 0) is 19.2 Å². The maximum absolute atomic E-state index is 3.24. The van der Waals surface area contributed by atoms with Crippen LogP contribution in [0.4, 0.5) is 0 Å². The van der Waals surface area contributed by atoms with E-state index in [-0.39, 0.29) is 39.7 Å². The van der Waals surface area contributed by atoms with Crippen molar-refractivity contribution in [3.63, 3.8) is 0 Å². The van der Waals surface area contributed by atoms with Crippen LogP contribution < -0.4 is 0 Å². The molecule has 0 saturated carbocycles. The van der Waals surface area contributed by atoms with Gasteiger partial charge in [-0.25, -0.2) is 11.1 Å². The van der Waals surface area contributed by atoms with Crippen LogP contribution in [0.5, 0.6) is 0 Å². The van der Waals surface area contributed by atoms with Crippen LogP contribution in [-0.4, -0.2) is 7.63 Å². The molecule has 0 amide bonds. The Balaban J connectivity index is -0.0000000676. The average molecular weight is 395 g/mol. The molecule has 130 valence electrons. The van der Waals surface area contributed by atoms with E-state index in [1.54, 1.807) is 0 Å². The van der Waals surface area contributed by atoms with Crippen molar-refractivity contribution >= 4 is 32.4 Å². The molecule has 0 unspecified atom stereocenters. The fourth-order valence-corrected chi connectivity index (χ4v) is 2.01. The van der Waals surface area contributed by atoms with E-state index in [0.717, 1.165) is 12.8 Å². The van der Waals surface area contributed by atoms with Gasteiger partial charge in [0.15, 0.2) is 0 Å². The second-order valence-electron chi connectivity index (χ2n) is 4.18. The van der Waals surface area contributed by atoms with Crippen molar-refractivity contribution < 1.29 is 19.2 Å². The van der Waals surface area contributed by atoms with Crippen molar-refractivity contribution in [2.45, 2.75) is 53.4 Å². The molecule has 22 heavy (non-hydrogen) atoms. The van der Waals surface area contributed by atoms with E-state index in [4.69, 9.17) is 0 Å². The molecule has 2 rings (SSSR count). The van der Waals surface area contributed by atoms with Gasteiger partial charge in [-0.15, -0.1) is 37.7 Å². The minimum atomic E-state index is 0. The summed E-state index contributed by atoms with van der Waals surface area (Å²) in [5, 5.41) is 0. The molecule has 0 fully saturated rings. The summed E-state index contributed by atoms with van der Waals surface area (Å²) in [5.74, 6) is 0. The molecule has 0 N–H and O–H groups in total. The first-order valence-corrected chi connectivity index (χ1v) is 10.6. The van der Waals surface area contributed by atoms with E-state index >= 15 is 0 Å². The topological polar surface area (TPSA) is 0 Å². The van der Waals surface area contributed by atoms with Crippen molar-refractivity contribution in [3.05, 3.63) is 61.4 Å². The number of hydrogen-bond donors (Lipinski definition) is 0. The predicted octanol–water partition coefficient (Wildman–Crippen LogP) is 5.78. The minimum absolute atomic E-state index is 0. The van der Waals surface area contributed by atoms with Crippen molar-refractivity contribution in [3.8, 4) is 0 Å². The van der Waals surface area contributed by atoms with E-state index in [9.17, 15) is 0 Å². The number of hydrogen-bond acceptors (Lipinski definition) is 0. The molecule has 0 aromatic rings. The number of rotatable bonds is 2. The Hall–Kier alpha value is 0.471. The summed E-state index contributed by atoms with van der Waals surface area (Å²) in [6, 6.07) is 0. The quantitative estimate of drug-likeness (QED) is 0.411. The van der Waals surface area contributed by atoms with Gasteiger partial charge in [-0.2, -0.15) is 23.3 Å². The van der Waals surface area contributed by atoms with Gasteiger partial charge in [0.05, 0.1) is 0 Å². The predicted molar refractivity (Wildman–Crippen MR) is 107 cm³/mol.